The quantitative estimate of drug-likeness (QED) is 0.208. The van der Waals surface area contributed by atoms with Crippen LogP contribution >= 0.6 is 0 Å². The van der Waals surface area contributed by atoms with Crippen molar-refractivity contribution in [1.29, 1.82) is 0 Å². The van der Waals surface area contributed by atoms with Crippen molar-refractivity contribution in [1.82, 2.24) is 0 Å². The third-order valence-corrected chi connectivity index (χ3v) is 3.28. The van der Waals surface area contributed by atoms with Gasteiger partial charge in [-0.15, -0.1) is 0 Å². The van der Waals surface area contributed by atoms with E-state index in [1.165, 1.54) is 6.92 Å². The van der Waals surface area contributed by atoms with Crippen LogP contribution in [0.15, 0.2) is 54.6 Å². The molecule has 0 radical (unpaired) electrons. The van der Waals surface area contributed by atoms with Crippen molar-refractivity contribution in [3.63, 3.8) is 0 Å². The van der Waals surface area contributed by atoms with Crippen LogP contribution in [-0.2, 0) is 30.3 Å². The maximum atomic E-state index is 11.8. The van der Waals surface area contributed by atoms with Gasteiger partial charge in [-0.1, -0.05) is 42.5 Å². The predicted molar refractivity (Wildman–Crippen MR) is 95.3 cm³/mol. The number of ether oxygens (including phenoxy) is 4. The van der Waals surface area contributed by atoms with Gasteiger partial charge in [-0.05, 0) is 17.7 Å². The number of hydrogen-bond donors (Lipinski definition) is 0. The molecule has 1 atom stereocenters. The summed E-state index contributed by atoms with van der Waals surface area (Å²) in [4.78, 5) is 33.9. The fraction of sp³-hybridized carbons (Fsp3) is 0.250. The zero-order chi connectivity index (χ0) is 19.5. The molecule has 0 fully saturated rings. The Morgan fingerprint density at radius 1 is 0.963 bits per heavy atom. The summed E-state index contributed by atoms with van der Waals surface area (Å²) >= 11 is 0. The molecule has 1 unspecified atom stereocenters. The number of rotatable bonds is 10. The van der Waals surface area contributed by atoms with E-state index in [-0.39, 0.29) is 25.4 Å². The van der Waals surface area contributed by atoms with Crippen molar-refractivity contribution in [2.24, 2.45) is 0 Å². The number of esters is 2. The van der Waals surface area contributed by atoms with Gasteiger partial charge >= 0.3 is 11.9 Å². The number of para-hydroxylation sites is 2. The van der Waals surface area contributed by atoms with Crippen molar-refractivity contribution in [3.05, 3.63) is 60.2 Å². The highest BCUT2D eigenvalue weighted by Gasteiger charge is 2.15. The SMILES string of the molecule is CC(=O)Oc1ccccc1OCCOC(C=O)OC(=O)Cc1ccccc1. The Morgan fingerprint density at radius 2 is 1.63 bits per heavy atom. The standard InChI is InChI=1S/C20H20O7/c1-15(22)26-18-10-6-5-9-17(18)24-11-12-25-20(14-21)27-19(23)13-16-7-3-2-4-8-16/h2-10,14,20H,11-13H2,1H3. The minimum Gasteiger partial charge on any atom is -0.487 e. The van der Waals surface area contributed by atoms with E-state index in [9.17, 15) is 14.4 Å². The Bertz CT molecular complexity index is 758. The van der Waals surface area contributed by atoms with Gasteiger partial charge in [0, 0.05) is 6.92 Å². The average Bonchev–Trinajstić information content (AvgIpc) is 2.65. The van der Waals surface area contributed by atoms with Crippen LogP contribution in [0.4, 0.5) is 0 Å². The van der Waals surface area contributed by atoms with Gasteiger partial charge in [0.15, 0.2) is 17.8 Å². The second kappa shape index (κ2) is 10.7. The summed E-state index contributed by atoms with van der Waals surface area (Å²) in [6.45, 7) is 1.35. The summed E-state index contributed by atoms with van der Waals surface area (Å²) in [5.74, 6) is -0.390. The molecule has 0 amide bonds. The fourth-order valence-electron chi connectivity index (χ4n) is 2.16. The maximum absolute atomic E-state index is 11.8. The summed E-state index contributed by atoms with van der Waals surface area (Å²) in [5, 5.41) is 0. The molecule has 0 N–H and O–H groups in total. The first kappa shape index (κ1) is 20.1. The molecular formula is C20H20O7. The zero-order valence-electron chi connectivity index (χ0n) is 14.8. The van der Waals surface area contributed by atoms with Crippen LogP contribution < -0.4 is 9.47 Å². The molecule has 2 aromatic carbocycles. The largest absolute Gasteiger partial charge is 0.487 e. The van der Waals surface area contributed by atoms with Gasteiger partial charge in [0.25, 0.3) is 6.29 Å². The van der Waals surface area contributed by atoms with Crippen molar-refractivity contribution >= 4 is 18.2 Å². The highest BCUT2D eigenvalue weighted by Crippen LogP contribution is 2.26. The van der Waals surface area contributed by atoms with Crippen LogP contribution in [0.1, 0.15) is 12.5 Å². The minimum absolute atomic E-state index is 0.00354. The van der Waals surface area contributed by atoms with Gasteiger partial charge in [0.1, 0.15) is 6.61 Å². The smallest absolute Gasteiger partial charge is 0.312 e. The molecule has 0 saturated heterocycles. The van der Waals surface area contributed by atoms with Crippen LogP contribution in [0.2, 0.25) is 0 Å². The van der Waals surface area contributed by atoms with Crippen LogP contribution in [0.3, 0.4) is 0 Å². The molecule has 0 heterocycles. The highest BCUT2D eigenvalue weighted by atomic mass is 16.7. The summed E-state index contributed by atoms with van der Waals surface area (Å²) in [6.07, 6.45) is -0.871. The molecule has 7 heteroatoms. The average molecular weight is 372 g/mol. The Morgan fingerprint density at radius 3 is 2.30 bits per heavy atom. The van der Waals surface area contributed by atoms with Gasteiger partial charge in [-0.2, -0.15) is 0 Å². The molecule has 0 aromatic heterocycles. The summed E-state index contributed by atoms with van der Waals surface area (Å²) in [7, 11) is 0. The lowest BCUT2D eigenvalue weighted by Gasteiger charge is -2.14. The molecule has 0 aliphatic heterocycles. The fourth-order valence-corrected chi connectivity index (χ4v) is 2.16. The van der Waals surface area contributed by atoms with E-state index in [4.69, 9.17) is 18.9 Å². The van der Waals surface area contributed by atoms with E-state index < -0.39 is 18.2 Å². The maximum Gasteiger partial charge on any atom is 0.312 e. The first-order valence-corrected chi connectivity index (χ1v) is 8.29. The van der Waals surface area contributed by atoms with Gasteiger partial charge in [0.2, 0.25) is 0 Å². The third kappa shape index (κ3) is 7.29. The molecule has 2 rings (SSSR count). The van der Waals surface area contributed by atoms with Gasteiger partial charge < -0.3 is 18.9 Å². The molecule has 0 aliphatic carbocycles. The van der Waals surface area contributed by atoms with Crippen molar-refractivity contribution < 1.29 is 33.3 Å². The molecule has 27 heavy (non-hydrogen) atoms. The van der Waals surface area contributed by atoms with E-state index in [1.807, 2.05) is 6.07 Å². The lowest BCUT2D eigenvalue weighted by molar-refractivity contribution is -0.179. The van der Waals surface area contributed by atoms with Crippen LogP contribution in [0.5, 0.6) is 11.5 Å². The third-order valence-electron chi connectivity index (χ3n) is 3.28. The zero-order valence-corrected chi connectivity index (χ0v) is 14.8. The van der Waals surface area contributed by atoms with Crippen molar-refractivity contribution in [2.75, 3.05) is 13.2 Å². The van der Waals surface area contributed by atoms with Crippen LogP contribution in [0.25, 0.3) is 0 Å². The Kier molecular flexibility index (Phi) is 7.99. The number of hydrogen-bond acceptors (Lipinski definition) is 7. The molecule has 0 aliphatic rings. The number of benzene rings is 2. The highest BCUT2D eigenvalue weighted by molar-refractivity contribution is 5.74. The second-order valence-corrected chi connectivity index (χ2v) is 5.42. The van der Waals surface area contributed by atoms with Gasteiger partial charge in [0.05, 0.1) is 13.0 Å². The van der Waals surface area contributed by atoms with Crippen LogP contribution in [0, 0.1) is 0 Å². The van der Waals surface area contributed by atoms with Crippen molar-refractivity contribution in [2.45, 2.75) is 19.6 Å². The van der Waals surface area contributed by atoms with E-state index in [2.05, 4.69) is 0 Å². The molecule has 0 spiro atoms. The first-order valence-electron chi connectivity index (χ1n) is 8.29. The lowest BCUT2D eigenvalue weighted by Crippen LogP contribution is -2.26. The topological polar surface area (TPSA) is 88.1 Å². The summed E-state index contributed by atoms with van der Waals surface area (Å²) < 4.78 is 20.7. The molecule has 142 valence electrons. The summed E-state index contributed by atoms with van der Waals surface area (Å²) in [5.41, 5.74) is 0.776. The van der Waals surface area contributed by atoms with E-state index >= 15 is 0 Å². The van der Waals surface area contributed by atoms with E-state index in [0.717, 1.165) is 5.56 Å². The number of carbonyl (C=O) groups is 3. The molecular weight excluding hydrogens is 352 g/mol. The number of carbonyl (C=O) groups excluding carboxylic acids is 3. The van der Waals surface area contributed by atoms with Crippen LogP contribution in [-0.4, -0.2) is 37.7 Å². The van der Waals surface area contributed by atoms with Gasteiger partial charge in [-0.25, -0.2) is 0 Å². The predicted octanol–water partition coefficient (Wildman–Crippen LogP) is 2.32. The molecule has 0 bridgehead atoms. The summed E-state index contributed by atoms with van der Waals surface area (Å²) in [6, 6.07) is 15.7. The Labute approximate surface area is 156 Å². The molecule has 2 aromatic rings. The van der Waals surface area contributed by atoms with Crippen molar-refractivity contribution in [3.8, 4) is 11.5 Å². The Balaban J connectivity index is 1.75. The van der Waals surface area contributed by atoms with E-state index in [1.54, 1.807) is 48.5 Å². The minimum atomic E-state index is -1.31. The monoisotopic (exact) mass is 372 g/mol. The number of aldehydes is 1. The first-order chi connectivity index (χ1) is 13.1. The molecule has 0 saturated carbocycles. The molecule has 7 nitrogen and oxygen atoms in total. The van der Waals surface area contributed by atoms with Gasteiger partial charge in [-0.3, -0.25) is 14.4 Å². The van der Waals surface area contributed by atoms with E-state index in [0.29, 0.717) is 12.0 Å². The lowest BCUT2D eigenvalue weighted by atomic mass is 10.2. The second-order valence-electron chi connectivity index (χ2n) is 5.42. The Hall–Kier alpha value is -3.19. The normalized spacial score (nSPS) is 11.3.